The molecule has 0 aliphatic heterocycles. The average molecular weight is 568 g/mol. The molecule has 0 bridgehead atoms. The van der Waals surface area contributed by atoms with Crippen LogP contribution >= 0.6 is 0 Å². The standard InChI is InChI=1S/C29H18F6N4O2/c30-28(31,32)19-5-1-3-17(13-19)26(40)36-21-9-7-16(8-10-21)25-38-23-12-11-22(15-24(23)39-25)37-27(41)18-4-2-6-20(14-18)29(33,34)35/h1-15H,(H,36,40)(H,37,41)(H,38,39). The lowest BCUT2D eigenvalue weighted by atomic mass is 10.1. The van der Waals surface area contributed by atoms with E-state index in [4.69, 9.17) is 0 Å². The van der Waals surface area contributed by atoms with Crippen LogP contribution in [0.2, 0.25) is 0 Å². The zero-order valence-electron chi connectivity index (χ0n) is 20.7. The maximum Gasteiger partial charge on any atom is 0.416 e. The van der Waals surface area contributed by atoms with Crippen LogP contribution in [0.3, 0.4) is 0 Å². The van der Waals surface area contributed by atoms with Gasteiger partial charge in [-0.1, -0.05) is 12.1 Å². The predicted octanol–water partition coefficient (Wildman–Crippen LogP) is 7.77. The van der Waals surface area contributed by atoms with Gasteiger partial charge >= 0.3 is 12.4 Å². The van der Waals surface area contributed by atoms with Gasteiger partial charge in [0.2, 0.25) is 0 Å². The van der Waals surface area contributed by atoms with Crippen LogP contribution in [-0.2, 0) is 12.4 Å². The Labute approximate surface area is 228 Å². The van der Waals surface area contributed by atoms with Crippen molar-refractivity contribution in [2.24, 2.45) is 0 Å². The van der Waals surface area contributed by atoms with Crippen LogP contribution in [0.25, 0.3) is 22.4 Å². The average Bonchev–Trinajstić information content (AvgIpc) is 3.36. The van der Waals surface area contributed by atoms with E-state index in [1.165, 1.54) is 12.1 Å². The summed E-state index contributed by atoms with van der Waals surface area (Å²) in [5, 5.41) is 5.13. The molecule has 4 aromatic carbocycles. The largest absolute Gasteiger partial charge is 0.416 e. The predicted molar refractivity (Wildman–Crippen MR) is 140 cm³/mol. The maximum absolute atomic E-state index is 13.0. The number of fused-ring (bicyclic) bond motifs is 1. The van der Waals surface area contributed by atoms with Crippen molar-refractivity contribution < 1.29 is 35.9 Å². The van der Waals surface area contributed by atoms with E-state index >= 15 is 0 Å². The van der Waals surface area contributed by atoms with Gasteiger partial charge in [0, 0.05) is 28.1 Å². The van der Waals surface area contributed by atoms with Crippen molar-refractivity contribution in [1.82, 2.24) is 9.97 Å². The molecule has 2 amide bonds. The molecule has 0 spiro atoms. The first-order chi connectivity index (χ1) is 19.4. The van der Waals surface area contributed by atoms with E-state index in [9.17, 15) is 35.9 Å². The first kappa shape index (κ1) is 27.4. The third kappa shape index (κ3) is 6.21. The van der Waals surface area contributed by atoms with Crippen LogP contribution in [0.5, 0.6) is 0 Å². The molecular weight excluding hydrogens is 550 g/mol. The van der Waals surface area contributed by atoms with E-state index in [0.717, 1.165) is 36.4 Å². The molecule has 5 aromatic rings. The fraction of sp³-hybridized carbons (Fsp3) is 0.0690. The Bertz CT molecular complexity index is 1760. The minimum atomic E-state index is -4.58. The molecule has 0 saturated carbocycles. The molecule has 0 unspecified atom stereocenters. The van der Waals surface area contributed by atoms with Crippen molar-refractivity contribution in [3.05, 3.63) is 113 Å². The van der Waals surface area contributed by atoms with E-state index in [1.54, 1.807) is 42.5 Å². The number of H-pyrrole nitrogens is 1. The van der Waals surface area contributed by atoms with E-state index in [0.29, 0.717) is 33.8 Å². The minimum Gasteiger partial charge on any atom is -0.338 e. The fourth-order valence-electron chi connectivity index (χ4n) is 4.02. The number of carbonyl (C=O) groups is 2. The molecule has 0 aliphatic rings. The SMILES string of the molecule is O=C(Nc1ccc(-c2nc3ccc(NC(=O)c4cccc(C(F)(F)F)c4)cc3[nH]2)cc1)c1cccc(C(F)(F)F)c1. The zero-order chi connectivity index (χ0) is 29.4. The number of alkyl halides is 6. The molecule has 3 N–H and O–H groups in total. The zero-order valence-corrected chi connectivity index (χ0v) is 20.7. The van der Waals surface area contributed by atoms with Gasteiger partial charge in [-0.3, -0.25) is 9.59 Å². The van der Waals surface area contributed by atoms with Gasteiger partial charge in [-0.25, -0.2) is 4.98 Å². The normalized spacial score (nSPS) is 11.9. The molecular formula is C29H18F6N4O2. The van der Waals surface area contributed by atoms with Crippen molar-refractivity contribution in [3.8, 4) is 11.4 Å². The molecule has 41 heavy (non-hydrogen) atoms. The first-order valence-corrected chi connectivity index (χ1v) is 11.9. The second-order valence-electron chi connectivity index (χ2n) is 8.96. The van der Waals surface area contributed by atoms with Gasteiger partial charge in [0.25, 0.3) is 11.8 Å². The minimum absolute atomic E-state index is 0.142. The Kier molecular flexibility index (Phi) is 6.99. The molecule has 208 valence electrons. The summed E-state index contributed by atoms with van der Waals surface area (Å²) in [5.74, 6) is -0.956. The number of imidazole rings is 1. The van der Waals surface area contributed by atoms with Gasteiger partial charge in [0.1, 0.15) is 5.82 Å². The number of nitrogens with one attached hydrogen (secondary N) is 3. The number of halogens is 6. The molecule has 0 fully saturated rings. The van der Waals surface area contributed by atoms with E-state index in [-0.39, 0.29) is 11.1 Å². The highest BCUT2D eigenvalue weighted by Gasteiger charge is 2.31. The number of aromatic nitrogens is 2. The van der Waals surface area contributed by atoms with Gasteiger partial charge in [-0.05, 0) is 78.9 Å². The molecule has 12 heteroatoms. The Morgan fingerprint density at radius 3 is 1.68 bits per heavy atom. The summed E-state index contributed by atoms with van der Waals surface area (Å²) >= 11 is 0. The van der Waals surface area contributed by atoms with Crippen LogP contribution in [0.4, 0.5) is 37.7 Å². The van der Waals surface area contributed by atoms with Gasteiger partial charge in [-0.15, -0.1) is 0 Å². The summed E-state index contributed by atoms with van der Waals surface area (Å²) in [7, 11) is 0. The van der Waals surface area contributed by atoms with Crippen LogP contribution in [0.15, 0.2) is 91.0 Å². The molecule has 1 heterocycles. The third-order valence-electron chi connectivity index (χ3n) is 6.06. The molecule has 1 aromatic heterocycles. The quantitative estimate of drug-likeness (QED) is 0.189. The molecule has 0 atom stereocenters. The van der Waals surface area contributed by atoms with Crippen molar-refractivity contribution >= 4 is 34.2 Å². The molecule has 0 radical (unpaired) electrons. The van der Waals surface area contributed by atoms with Gasteiger partial charge in [0.05, 0.1) is 22.2 Å². The number of nitrogens with zero attached hydrogens (tertiary/aromatic N) is 1. The van der Waals surface area contributed by atoms with Crippen molar-refractivity contribution in [2.75, 3.05) is 10.6 Å². The topological polar surface area (TPSA) is 86.9 Å². The van der Waals surface area contributed by atoms with Crippen molar-refractivity contribution in [3.63, 3.8) is 0 Å². The highest BCUT2D eigenvalue weighted by Crippen LogP contribution is 2.31. The number of hydrogen-bond donors (Lipinski definition) is 3. The lowest BCUT2D eigenvalue weighted by molar-refractivity contribution is -0.138. The van der Waals surface area contributed by atoms with Crippen molar-refractivity contribution in [2.45, 2.75) is 12.4 Å². The van der Waals surface area contributed by atoms with Gasteiger partial charge in [0.15, 0.2) is 0 Å². The Morgan fingerprint density at radius 1 is 0.634 bits per heavy atom. The fourth-order valence-corrected chi connectivity index (χ4v) is 4.02. The third-order valence-corrected chi connectivity index (χ3v) is 6.06. The number of aromatic amines is 1. The molecule has 0 saturated heterocycles. The van der Waals surface area contributed by atoms with Gasteiger partial charge in [-0.2, -0.15) is 26.3 Å². The molecule has 6 nitrogen and oxygen atoms in total. The second kappa shape index (κ2) is 10.5. The Hall–Kier alpha value is -5.13. The Balaban J connectivity index is 1.29. The first-order valence-electron chi connectivity index (χ1n) is 11.9. The number of anilines is 2. The lowest BCUT2D eigenvalue weighted by Crippen LogP contribution is -2.13. The summed E-state index contributed by atoms with van der Waals surface area (Å²) in [4.78, 5) is 32.6. The number of rotatable bonds is 5. The number of amides is 2. The Morgan fingerprint density at radius 2 is 1.15 bits per heavy atom. The second-order valence-corrected chi connectivity index (χ2v) is 8.96. The highest BCUT2D eigenvalue weighted by molar-refractivity contribution is 6.05. The number of benzene rings is 4. The van der Waals surface area contributed by atoms with Crippen LogP contribution in [0, 0.1) is 0 Å². The summed E-state index contributed by atoms with van der Waals surface area (Å²) in [6.07, 6.45) is -9.15. The number of hydrogen-bond acceptors (Lipinski definition) is 3. The number of carbonyl (C=O) groups excluding carboxylic acids is 2. The molecule has 0 aliphatic carbocycles. The van der Waals surface area contributed by atoms with Crippen molar-refractivity contribution in [1.29, 1.82) is 0 Å². The summed E-state index contributed by atoms with van der Waals surface area (Å²) in [6, 6.07) is 19.4. The monoisotopic (exact) mass is 568 g/mol. The van der Waals surface area contributed by atoms with Crippen LogP contribution in [0.1, 0.15) is 31.8 Å². The highest BCUT2D eigenvalue weighted by atomic mass is 19.4. The maximum atomic E-state index is 13.0. The van der Waals surface area contributed by atoms with Crippen LogP contribution in [-0.4, -0.2) is 21.8 Å². The van der Waals surface area contributed by atoms with Gasteiger partial charge < -0.3 is 15.6 Å². The van der Waals surface area contributed by atoms with E-state index < -0.39 is 35.3 Å². The lowest BCUT2D eigenvalue weighted by Gasteiger charge is -2.09. The van der Waals surface area contributed by atoms with Crippen LogP contribution < -0.4 is 10.6 Å². The smallest absolute Gasteiger partial charge is 0.338 e. The summed E-state index contributed by atoms with van der Waals surface area (Å²) in [6.45, 7) is 0. The summed E-state index contributed by atoms with van der Waals surface area (Å²) in [5.41, 5.74) is 0.275. The molecule has 5 rings (SSSR count). The van der Waals surface area contributed by atoms with E-state index in [1.807, 2.05) is 0 Å². The summed E-state index contributed by atoms with van der Waals surface area (Å²) < 4.78 is 77.8. The van der Waals surface area contributed by atoms with E-state index in [2.05, 4.69) is 20.6 Å².